The van der Waals surface area contributed by atoms with Crippen LogP contribution in [0, 0.1) is 13.8 Å². The Balaban J connectivity index is 1.73. The Morgan fingerprint density at radius 1 is 1.04 bits per heavy atom. The summed E-state index contributed by atoms with van der Waals surface area (Å²) in [6.45, 7) is 4.23. The maximum Gasteiger partial charge on any atom is 0.270 e. The largest absolute Gasteiger partial charge is 0.497 e. The highest BCUT2D eigenvalue weighted by molar-refractivity contribution is 5.93. The molecule has 3 aromatic rings. The number of aromatic nitrogens is 2. The molecular formula is C21H22N4O2. The van der Waals surface area contributed by atoms with Crippen molar-refractivity contribution in [2.75, 3.05) is 12.4 Å². The van der Waals surface area contributed by atoms with Gasteiger partial charge in [0.1, 0.15) is 23.1 Å². The van der Waals surface area contributed by atoms with Crippen LogP contribution >= 0.6 is 0 Å². The average Bonchev–Trinajstić information content (AvgIpc) is 2.66. The van der Waals surface area contributed by atoms with Crippen LogP contribution < -0.4 is 15.4 Å². The molecule has 0 radical (unpaired) electrons. The number of benzene rings is 2. The van der Waals surface area contributed by atoms with Gasteiger partial charge in [-0.05, 0) is 31.5 Å². The molecule has 6 heteroatoms. The number of nitrogens with zero attached hydrogens (tertiary/aromatic N) is 2. The minimum absolute atomic E-state index is 0.240. The quantitative estimate of drug-likeness (QED) is 0.698. The Morgan fingerprint density at radius 3 is 2.63 bits per heavy atom. The van der Waals surface area contributed by atoms with E-state index in [1.165, 1.54) is 0 Å². The molecule has 3 rings (SSSR count). The Bertz CT molecular complexity index is 956. The second-order valence-corrected chi connectivity index (χ2v) is 6.21. The van der Waals surface area contributed by atoms with Crippen molar-refractivity contribution in [2.45, 2.75) is 20.4 Å². The first-order valence-corrected chi connectivity index (χ1v) is 8.64. The van der Waals surface area contributed by atoms with Crippen LogP contribution in [0.2, 0.25) is 0 Å². The second kappa shape index (κ2) is 8.31. The third-order valence-electron chi connectivity index (χ3n) is 3.95. The van der Waals surface area contributed by atoms with E-state index in [1.807, 2.05) is 55.5 Å². The number of aryl methyl sites for hydroxylation is 2. The highest BCUT2D eigenvalue weighted by atomic mass is 16.5. The lowest BCUT2D eigenvalue weighted by Gasteiger charge is -2.10. The molecule has 0 spiro atoms. The number of carbonyl (C=O) groups is 1. The Hall–Kier alpha value is -3.41. The fraction of sp³-hybridized carbons (Fsp3) is 0.190. The molecule has 6 nitrogen and oxygen atoms in total. The summed E-state index contributed by atoms with van der Waals surface area (Å²) in [5.41, 5.74) is 3.34. The molecule has 0 aliphatic heterocycles. The van der Waals surface area contributed by atoms with Gasteiger partial charge in [0, 0.05) is 24.4 Å². The maximum absolute atomic E-state index is 12.5. The summed E-state index contributed by atoms with van der Waals surface area (Å²) >= 11 is 0. The summed E-state index contributed by atoms with van der Waals surface area (Å²) in [6, 6.07) is 17.2. The van der Waals surface area contributed by atoms with E-state index in [2.05, 4.69) is 20.6 Å². The summed E-state index contributed by atoms with van der Waals surface area (Å²) in [4.78, 5) is 21.1. The van der Waals surface area contributed by atoms with Crippen LogP contribution in [0.25, 0.3) is 0 Å². The van der Waals surface area contributed by atoms with E-state index in [-0.39, 0.29) is 5.91 Å². The van der Waals surface area contributed by atoms with E-state index in [4.69, 9.17) is 4.74 Å². The molecule has 2 aromatic carbocycles. The van der Waals surface area contributed by atoms with Gasteiger partial charge in [-0.2, -0.15) is 0 Å². The molecule has 1 aromatic heterocycles. The number of amides is 1. The van der Waals surface area contributed by atoms with E-state index < -0.39 is 0 Å². The number of methoxy groups -OCH3 is 1. The van der Waals surface area contributed by atoms with E-state index in [1.54, 1.807) is 20.1 Å². The van der Waals surface area contributed by atoms with Crippen molar-refractivity contribution < 1.29 is 9.53 Å². The third-order valence-corrected chi connectivity index (χ3v) is 3.95. The van der Waals surface area contributed by atoms with Crippen LogP contribution in [0.5, 0.6) is 5.75 Å². The molecule has 0 atom stereocenters. The van der Waals surface area contributed by atoms with Crippen molar-refractivity contribution >= 4 is 17.4 Å². The molecule has 1 amide bonds. The van der Waals surface area contributed by atoms with Crippen molar-refractivity contribution in [2.24, 2.45) is 0 Å². The molecule has 0 unspecified atom stereocenters. The van der Waals surface area contributed by atoms with Gasteiger partial charge in [0.2, 0.25) is 0 Å². The van der Waals surface area contributed by atoms with Crippen molar-refractivity contribution in [3.8, 4) is 5.75 Å². The van der Waals surface area contributed by atoms with Crippen LogP contribution in [0.4, 0.5) is 11.5 Å². The molecule has 0 saturated heterocycles. The van der Waals surface area contributed by atoms with Gasteiger partial charge in [-0.15, -0.1) is 0 Å². The fourth-order valence-corrected chi connectivity index (χ4v) is 2.69. The number of hydrogen-bond donors (Lipinski definition) is 2. The summed E-state index contributed by atoms with van der Waals surface area (Å²) in [5, 5.41) is 6.09. The van der Waals surface area contributed by atoms with E-state index in [9.17, 15) is 4.79 Å². The topological polar surface area (TPSA) is 76.1 Å². The number of rotatable bonds is 6. The minimum atomic E-state index is -0.240. The van der Waals surface area contributed by atoms with Crippen LogP contribution in [-0.4, -0.2) is 23.0 Å². The van der Waals surface area contributed by atoms with Gasteiger partial charge in [0.15, 0.2) is 0 Å². The SMILES string of the molecule is COc1cccc(Nc2cc(C(=O)NCc3cccc(C)c3)nc(C)n2)c1. The fourth-order valence-electron chi connectivity index (χ4n) is 2.69. The predicted octanol–water partition coefficient (Wildman–Crippen LogP) is 3.78. The second-order valence-electron chi connectivity index (χ2n) is 6.21. The van der Waals surface area contributed by atoms with Gasteiger partial charge in [-0.3, -0.25) is 4.79 Å². The lowest BCUT2D eigenvalue weighted by Crippen LogP contribution is -2.24. The molecule has 138 valence electrons. The van der Waals surface area contributed by atoms with Crippen LogP contribution in [0.3, 0.4) is 0 Å². The van der Waals surface area contributed by atoms with Crippen molar-refractivity contribution in [3.63, 3.8) is 0 Å². The number of ether oxygens (including phenoxy) is 1. The lowest BCUT2D eigenvalue weighted by atomic mass is 10.1. The number of anilines is 2. The first-order valence-electron chi connectivity index (χ1n) is 8.64. The standard InChI is InChI=1S/C21H22N4O2/c1-14-6-4-7-16(10-14)13-22-21(26)19-12-20(24-15(2)23-19)25-17-8-5-9-18(11-17)27-3/h4-12H,13H2,1-3H3,(H,22,26)(H,23,24,25). The Kier molecular flexibility index (Phi) is 5.66. The van der Waals surface area contributed by atoms with E-state index >= 15 is 0 Å². The normalized spacial score (nSPS) is 10.3. The molecule has 27 heavy (non-hydrogen) atoms. The molecule has 0 aliphatic carbocycles. The smallest absolute Gasteiger partial charge is 0.270 e. The molecule has 2 N–H and O–H groups in total. The van der Waals surface area contributed by atoms with E-state index in [0.717, 1.165) is 22.6 Å². The van der Waals surface area contributed by atoms with Crippen molar-refractivity contribution in [1.82, 2.24) is 15.3 Å². The van der Waals surface area contributed by atoms with Crippen LogP contribution in [-0.2, 0) is 6.54 Å². The molecule has 0 bridgehead atoms. The summed E-state index contributed by atoms with van der Waals surface area (Å²) in [6.07, 6.45) is 0. The van der Waals surface area contributed by atoms with Gasteiger partial charge in [0.25, 0.3) is 5.91 Å². The zero-order valence-corrected chi connectivity index (χ0v) is 15.6. The Labute approximate surface area is 158 Å². The van der Waals surface area contributed by atoms with Gasteiger partial charge in [0.05, 0.1) is 7.11 Å². The van der Waals surface area contributed by atoms with Gasteiger partial charge in [-0.1, -0.05) is 35.9 Å². The number of carbonyl (C=O) groups excluding carboxylic acids is 1. The summed E-state index contributed by atoms with van der Waals surface area (Å²) in [7, 11) is 1.62. The monoisotopic (exact) mass is 362 g/mol. The predicted molar refractivity (Wildman–Crippen MR) is 105 cm³/mol. The minimum Gasteiger partial charge on any atom is -0.497 e. The van der Waals surface area contributed by atoms with Crippen molar-refractivity contribution in [1.29, 1.82) is 0 Å². The van der Waals surface area contributed by atoms with Gasteiger partial charge in [-0.25, -0.2) is 9.97 Å². The first kappa shape index (κ1) is 18.4. The highest BCUT2D eigenvalue weighted by Crippen LogP contribution is 2.20. The van der Waals surface area contributed by atoms with Gasteiger partial charge < -0.3 is 15.4 Å². The zero-order chi connectivity index (χ0) is 19.2. The zero-order valence-electron chi connectivity index (χ0n) is 15.6. The highest BCUT2D eigenvalue weighted by Gasteiger charge is 2.11. The Morgan fingerprint density at radius 2 is 1.85 bits per heavy atom. The third kappa shape index (κ3) is 5.04. The van der Waals surface area contributed by atoms with Crippen molar-refractivity contribution in [3.05, 3.63) is 77.2 Å². The van der Waals surface area contributed by atoms with E-state index in [0.29, 0.717) is 23.9 Å². The van der Waals surface area contributed by atoms with Crippen LogP contribution in [0.15, 0.2) is 54.6 Å². The summed E-state index contributed by atoms with van der Waals surface area (Å²) in [5.74, 6) is 1.57. The molecule has 1 heterocycles. The average molecular weight is 362 g/mol. The molecular weight excluding hydrogens is 340 g/mol. The number of hydrogen-bond acceptors (Lipinski definition) is 5. The molecule has 0 aliphatic rings. The molecule has 0 fully saturated rings. The van der Waals surface area contributed by atoms with Gasteiger partial charge >= 0.3 is 0 Å². The maximum atomic E-state index is 12.5. The molecule has 0 saturated carbocycles. The number of nitrogens with one attached hydrogen (secondary N) is 2. The van der Waals surface area contributed by atoms with Crippen LogP contribution in [0.1, 0.15) is 27.4 Å². The lowest BCUT2D eigenvalue weighted by molar-refractivity contribution is 0.0945. The first-order chi connectivity index (χ1) is 13.0. The summed E-state index contributed by atoms with van der Waals surface area (Å²) < 4.78 is 5.22.